The number of anilines is 1. The van der Waals surface area contributed by atoms with Gasteiger partial charge in [0.25, 0.3) is 0 Å². The minimum Gasteiger partial charge on any atom is -0.390 e. The number of nitrogens with zero attached hydrogens (tertiary/aromatic N) is 2. The van der Waals surface area contributed by atoms with E-state index in [0.717, 1.165) is 35.2 Å². The molecule has 2 rings (SSSR count). The summed E-state index contributed by atoms with van der Waals surface area (Å²) in [5.41, 5.74) is 2.93. The highest BCUT2D eigenvalue weighted by Crippen LogP contribution is 2.27. The van der Waals surface area contributed by atoms with E-state index in [1.54, 1.807) is 0 Å². The third kappa shape index (κ3) is 4.09. The van der Waals surface area contributed by atoms with Gasteiger partial charge in [-0.2, -0.15) is 0 Å². The minimum absolute atomic E-state index is 0.408. The molecule has 2 aromatic rings. The van der Waals surface area contributed by atoms with E-state index in [-0.39, 0.29) is 0 Å². The molecule has 0 saturated carbocycles. The van der Waals surface area contributed by atoms with Crippen molar-refractivity contribution in [3.8, 4) is 0 Å². The Morgan fingerprint density at radius 2 is 2.05 bits per heavy atom. The summed E-state index contributed by atoms with van der Waals surface area (Å²) in [6.45, 7) is 9.31. The van der Waals surface area contributed by atoms with Crippen LogP contribution in [-0.2, 0) is 0 Å². The highest BCUT2D eigenvalue weighted by molar-refractivity contribution is 6.31. The van der Waals surface area contributed by atoms with Crippen molar-refractivity contribution in [3.63, 3.8) is 0 Å². The van der Waals surface area contributed by atoms with Crippen molar-refractivity contribution in [2.75, 3.05) is 31.5 Å². The fourth-order valence-electron chi connectivity index (χ4n) is 2.57. The van der Waals surface area contributed by atoms with Crippen LogP contribution in [0.5, 0.6) is 0 Å². The maximum Gasteiger partial charge on any atom is 0.0839 e. The second kappa shape index (κ2) is 7.77. The third-order valence-electron chi connectivity index (χ3n) is 3.90. The summed E-state index contributed by atoms with van der Waals surface area (Å²) >= 11 is 6.02. The Labute approximate surface area is 137 Å². The first kappa shape index (κ1) is 17.0. The maximum atomic E-state index is 10.2. The minimum atomic E-state index is -0.408. The SMILES string of the molecule is CCN(CC)C[C@H](O)CNc1c(C)cnc2cc(Cl)ccc12. The van der Waals surface area contributed by atoms with Crippen molar-refractivity contribution < 1.29 is 5.11 Å². The van der Waals surface area contributed by atoms with Crippen LogP contribution in [-0.4, -0.2) is 47.3 Å². The van der Waals surface area contributed by atoms with Crippen LogP contribution in [0, 0.1) is 6.92 Å². The van der Waals surface area contributed by atoms with Crippen molar-refractivity contribution in [3.05, 3.63) is 35.0 Å². The van der Waals surface area contributed by atoms with Gasteiger partial charge in [0.2, 0.25) is 0 Å². The van der Waals surface area contributed by atoms with Crippen molar-refractivity contribution in [1.82, 2.24) is 9.88 Å². The maximum absolute atomic E-state index is 10.2. The summed E-state index contributed by atoms with van der Waals surface area (Å²) in [6.07, 6.45) is 1.42. The number of aliphatic hydroxyl groups excluding tert-OH is 1. The number of pyridine rings is 1. The van der Waals surface area contributed by atoms with Gasteiger partial charge in [0.15, 0.2) is 0 Å². The Balaban J connectivity index is 2.12. The Morgan fingerprint density at radius 1 is 1.32 bits per heavy atom. The number of likely N-dealkylation sites (N-methyl/N-ethyl adjacent to an activating group) is 1. The monoisotopic (exact) mass is 321 g/mol. The average Bonchev–Trinajstić information content (AvgIpc) is 2.51. The first-order valence-electron chi connectivity index (χ1n) is 7.74. The van der Waals surface area contributed by atoms with Gasteiger partial charge in [-0.25, -0.2) is 0 Å². The molecular formula is C17H24ClN3O. The molecule has 0 aliphatic carbocycles. The van der Waals surface area contributed by atoms with Crippen LogP contribution in [0.2, 0.25) is 5.02 Å². The molecule has 0 radical (unpaired) electrons. The lowest BCUT2D eigenvalue weighted by molar-refractivity contribution is 0.128. The van der Waals surface area contributed by atoms with Gasteiger partial charge in [-0.1, -0.05) is 25.4 Å². The molecule has 5 heteroatoms. The summed E-state index contributed by atoms with van der Waals surface area (Å²) in [5, 5.41) is 15.3. The predicted octanol–water partition coefficient (Wildman–Crippen LogP) is 3.31. The van der Waals surface area contributed by atoms with E-state index in [9.17, 15) is 5.11 Å². The molecule has 0 amide bonds. The molecule has 0 aliphatic rings. The number of hydrogen-bond donors (Lipinski definition) is 2. The molecule has 4 nitrogen and oxygen atoms in total. The number of hydrogen-bond acceptors (Lipinski definition) is 4. The average molecular weight is 322 g/mol. The highest BCUT2D eigenvalue weighted by Gasteiger charge is 2.11. The summed E-state index contributed by atoms with van der Waals surface area (Å²) in [5.74, 6) is 0. The van der Waals surface area contributed by atoms with Gasteiger partial charge in [-0.3, -0.25) is 4.98 Å². The van der Waals surface area contributed by atoms with Crippen LogP contribution < -0.4 is 5.32 Å². The second-order valence-corrected chi connectivity index (χ2v) is 5.93. The normalized spacial score (nSPS) is 12.8. The van der Waals surface area contributed by atoms with E-state index in [0.29, 0.717) is 18.1 Å². The fourth-order valence-corrected chi connectivity index (χ4v) is 2.73. The molecule has 0 aliphatic heterocycles. The van der Waals surface area contributed by atoms with E-state index in [1.165, 1.54) is 0 Å². The summed E-state index contributed by atoms with van der Waals surface area (Å²) < 4.78 is 0. The highest BCUT2D eigenvalue weighted by atomic mass is 35.5. The third-order valence-corrected chi connectivity index (χ3v) is 4.13. The van der Waals surface area contributed by atoms with Crippen molar-refractivity contribution in [2.24, 2.45) is 0 Å². The van der Waals surface area contributed by atoms with Crippen LogP contribution in [0.15, 0.2) is 24.4 Å². The van der Waals surface area contributed by atoms with Gasteiger partial charge >= 0.3 is 0 Å². The molecule has 0 fully saturated rings. The number of nitrogens with one attached hydrogen (secondary N) is 1. The van der Waals surface area contributed by atoms with E-state index in [2.05, 4.69) is 29.0 Å². The van der Waals surface area contributed by atoms with Gasteiger partial charge in [-0.15, -0.1) is 0 Å². The summed E-state index contributed by atoms with van der Waals surface area (Å²) in [4.78, 5) is 6.62. The fraction of sp³-hybridized carbons (Fsp3) is 0.471. The van der Waals surface area contributed by atoms with Crippen LogP contribution in [0.25, 0.3) is 10.9 Å². The van der Waals surface area contributed by atoms with E-state index < -0.39 is 6.10 Å². The lowest BCUT2D eigenvalue weighted by Gasteiger charge is -2.23. The number of fused-ring (bicyclic) bond motifs is 1. The van der Waals surface area contributed by atoms with Gasteiger partial charge in [-0.05, 0) is 43.8 Å². The van der Waals surface area contributed by atoms with Crippen molar-refractivity contribution >= 4 is 28.2 Å². The number of halogens is 1. The quantitative estimate of drug-likeness (QED) is 0.821. The molecule has 1 aromatic heterocycles. The number of aliphatic hydroxyl groups is 1. The first-order chi connectivity index (χ1) is 10.5. The van der Waals surface area contributed by atoms with Gasteiger partial charge in [0.1, 0.15) is 0 Å². The molecule has 0 bridgehead atoms. The first-order valence-corrected chi connectivity index (χ1v) is 8.12. The molecule has 0 spiro atoms. The standard InChI is InChI=1S/C17H24ClN3O/c1-4-21(5-2)11-14(22)10-20-17-12(3)9-19-16-8-13(18)6-7-15(16)17/h6-9,14,22H,4-5,10-11H2,1-3H3,(H,19,20)/t14-/m1/s1. The second-order valence-electron chi connectivity index (χ2n) is 5.50. The number of aromatic nitrogens is 1. The van der Waals surface area contributed by atoms with Gasteiger partial charge < -0.3 is 15.3 Å². The molecule has 1 heterocycles. The van der Waals surface area contributed by atoms with Crippen LogP contribution in [0.3, 0.4) is 0 Å². The predicted molar refractivity (Wildman–Crippen MR) is 93.8 cm³/mol. The molecule has 0 unspecified atom stereocenters. The molecular weight excluding hydrogens is 298 g/mol. The molecule has 0 saturated heterocycles. The van der Waals surface area contributed by atoms with Crippen molar-refractivity contribution in [2.45, 2.75) is 26.9 Å². The van der Waals surface area contributed by atoms with E-state index in [1.807, 2.05) is 31.3 Å². The largest absolute Gasteiger partial charge is 0.390 e. The zero-order valence-corrected chi connectivity index (χ0v) is 14.2. The summed E-state index contributed by atoms with van der Waals surface area (Å²) in [6, 6.07) is 5.69. The molecule has 2 N–H and O–H groups in total. The van der Waals surface area contributed by atoms with Gasteiger partial charge in [0.05, 0.1) is 11.6 Å². The molecule has 1 aromatic carbocycles. The van der Waals surface area contributed by atoms with Gasteiger partial charge in [0, 0.05) is 35.4 Å². The molecule has 22 heavy (non-hydrogen) atoms. The van der Waals surface area contributed by atoms with E-state index in [4.69, 9.17) is 11.6 Å². The number of aryl methyl sites for hydroxylation is 1. The lowest BCUT2D eigenvalue weighted by Crippen LogP contribution is -2.36. The topological polar surface area (TPSA) is 48.4 Å². The lowest BCUT2D eigenvalue weighted by atomic mass is 10.1. The molecule has 120 valence electrons. The Hall–Kier alpha value is -1.36. The Kier molecular flexibility index (Phi) is 6.00. The van der Waals surface area contributed by atoms with Crippen LogP contribution in [0.4, 0.5) is 5.69 Å². The van der Waals surface area contributed by atoms with Crippen molar-refractivity contribution in [1.29, 1.82) is 0 Å². The summed E-state index contributed by atoms with van der Waals surface area (Å²) in [7, 11) is 0. The number of benzene rings is 1. The zero-order chi connectivity index (χ0) is 16.1. The Morgan fingerprint density at radius 3 is 2.73 bits per heavy atom. The van der Waals surface area contributed by atoms with Crippen LogP contribution >= 0.6 is 11.6 Å². The van der Waals surface area contributed by atoms with Crippen LogP contribution in [0.1, 0.15) is 19.4 Å². The van der Waals surface area contributed by atoms with E-state index >= 15 is 0 Å². The number of rotatable bonds is 7. The smallest absolute Gasteiger partial charge is 0.0839 e. The molecule has 1 atom stereocenters. The zero-order valence-electron chi connectivity index (χ0n) is 13.4. The Bertz CT molecular complexity index is 629.